The first-order valence-electron chi connectivity index (χ1n) is 10.6. The lowest BCUT2D eigenvalue weighted by atomic mass is 9.88. The standard InChI is InChI=1S/C24H23N3O4S/c1-15(18-12-4-8-16-9-5-13-19(16)18)22(23-25-26-24(28)31-23)27-32(29,30)21-14-6-10-17-7-2-3-11-20(17)21/h2-4,6-8,10-12,14-15,22,27H,5,9,13H2,1H3,(H,26,28)/t15-,22+/m1/s1. The number of hydrogen-bond donors (Lipinski definition) is 2. The number of benzene rings is 3. The first-order valence-corrected chi connectivity index (χ1v) is 12.1. The van der Waals surface area contributed by atoms with E-state index in [1.165, 1.54) is 11.1 Å². The predicted octanol–water partition coefficient (Wildman–Crippen LogP) is 3.83. The van der Waals surface area contributed by atoms with Gasteiger partial charge in [-0.25, -0.2) is 18.3 Å². The summed E-state index contributed by atoms with van der Waals surface area (Å²) < 4.78 is 35.1. The summed E-state index contributed by atoms with van der Waals surface area (Å²) in [5.41, 5.74) is 3.57. The maximum atomic E-state index is 13.5. The van der Waals surface area contributed by atoms with Gasteiger partial charge < -0.3 is 4.42 Å². The topological polar surface area (TPSA) is 105 Å². The molecule has 2 atom stereocenters. The quantitative estimate of drug-likeness (QED) is 0.465. The summed E-state index contributed by atoms with van der Waals surface area (Å²) in [6.45, 7) is 1.93. The van der Waals surface area contributed by atoms with Gasteiger partial charge in [-0.2, -0.15) is 4.72 Å². The molecule has 2 N–H and O–H groups in total. The van der Waals surface area contributed by atoms with Crippen molar-refractivity contribution in [2.45, 2.75) is 43.0 Å². The molecule has 5 rings (SSSR count). The van der Waals surface area contributed by atoms with Gasteiger partial charge in [0.25, 0.3) is 0 Å². The molecule has 8 heteroatoms. The molecule has 0 fully saturated rings. The molecule has 1 aliphatic carbocycles. The Labute approximate surface area is 185 Å². The Morgan fingerprint density at radius 3 is 2.62 bits per heavy atom. The first-order chi connectivity index (χ1) is 15.4. The summed E-state index contributed by atoms with van der Waals surface area (Å²) in [6.07, 6.45) is 3.03. The van der Waals surface area contributed by atoms with E-state index in [0.717, 1.165) is 30.2 Å². The molecule has 1 aliphatic rings. The number of hydrogen-bond acceptors (Lipinski definition) is 5. The number of sulfonamides is 1. The van der Waals surface area contributed by atoms with Crippen LogP contribution < -0.4 is 10.5 Å². The molecular formula is C24H23N3O4S. The first kappa shape index (κ1) is 20.7. The van der Waals surface area contributed by atoms with Crippen molar-refractivity contribution in [1.29, 1.82) is 0 Å². The van der Waals surface area contributed by atoms with Gasteiger partial charge in [0.1, 0.15) is 6.04 Å². The van der Waals surface area contributed by atoms with Crippen LogP contribution in [-0.4, -0.2) is 18.6 Å². The number of nitrogens with zero attached hydrogens (tertiary/aromatic N) is 1. The third kappa shape index (κ3) is 3.65. The van der Waals surface area contributed by atoms with Crippen LogP contribution in [0.4, 0.5) is 0 Å². The largest absolute Gasteiger partial charge is 0.434 e. The molecule has 0 aliphatic heterocycles. The lowest BCUT2D eigenvalue weighted by Gasteiger charge is -2.24. The van der Waals surface area contributed by atoms with E-state index in [1.807, 2.05) is 43.3 Å². The monoisotopic (exact) mass is 449 g/mol. The highest BCUT2D eigenvalue weighted by molar-refractivity contribution is 7.89. The highest BCUT2D eigenvalue weighted by Crippen LogP contribution is 2.37. The number of aromatic nitrogens is 2. The van der Waals surface area contributed by atoms with Crippen molar-refractivity contribution in [2.24, 2.45) is 0 Å². The second kappa shape index (κ2) is 8.03. The Balaban J connectivity index is 1.59. The van der Waals surface area contributed by atoms with Gasteiger partial charge in [-0.05, 0) is 47.4 Å². The normalized spacial score (nSPS) is 15.5. The summed E-state index contributed by atoms with van der Waals surface area (Å²) in [5, 5.41) is 7.67. The summed E-state index contributed by atoms with van der Waals surface area (Å²) in [4.78, 5) is 11.9. The molecule has 0 saturated heterocycles. The molecule has 32 heavy (non-hydrogen) atoms. The van der Waals surface area contributed by atoms with Gasteiger partial charge in [-0.15, -0.1) is 5.10 Å². The molecule has 4 aromatic rings. The van der Waals surface area contributed by atoms with Crippen molar-refractivity contribution in [2.75, 3.05) is 0 Å². The van der Waals surface area contributed by atoms with Crippen LogP contribution in [0.5, 0.6) is 0 Å². The molecule has 0 amide bonds. The Morgan fingerprint density at radius 2 is 1.81 bits per heavy atom. The lowest BCUT2D eigenvalue weighted by molar-refractivity contribution is 0.381. The number of H-pyrrole nitrogens is 1. The highest BCUT2D eigenvalue weighted by Gasteiger charge is 2.33. The van der Waals surface area contributed by atoms with Gasteiger partial charge in [0.05, 0.1) is 4.90 Å². The van der Waals surface area contributed by atoms with Gasteiger partial charge in [-0.1, -0.05) is 61.5 Å². The van der Waals surface area contributed by atoms with E-state index in [-0.39, 0.29) is 16.7 Å². The van der Waals surface area contributed by atoms with Gasteiger partial charge in [0.15, 0.2) is 0 Å². The lowest BCUT2D eigenvalue weighted by Crippen LogP contribution is -2.32. The van der Waals surface area contributed by atoms with Crippen molar-refractivity contribution < 1.29 is 12.8 Å². The predicted molar refractivity (Wildman–Crippen MR) is 121 cm³/mol. The van der Waals surface area contributed by atoms with Crippen LogP contribution >= 0.6 is 0 Å². The van der Waals surface area contributed by atoms with E-state index in [2.05, 4.69) is 21.0 Å². The summed E-state index contributed by atoms with van der Waals surface area (Å²) in [7, 11) is -3.96. The van der Waals surface area contributed by atoms with Gasteiger partial charge in [0, 0.05) is 11.3 Å². The molecule has 0 saturated carbocycles. The molecule has 0 spiro atoms. The number of nitrogens with one attached hydrogen (secondary N) is 2. The molecule has 0 bridgehead atoms. The smallest absolute Gasteiger partial charge is 0.391 e. The van der Waals surface area contributed by atoms with Gasteiger partial charge in [0.2, 0.25) is 15.9 Å². The maximum Gasteiger partial charge on any atom is 0.434 e. The van der Waals surface area contributed by atoms with E-state index in [0.29, 0.717) is 5.39 Å². The molecule has 1 aromatic heterocycles. The number of fused-ring (bicyclic) bond motifs is 2. The van der Waals surface area contributed by atoms with Gasteiger partial charge in [-0.3, -0.25) is 0 Å². The average Bonchev–Trinajstić information content (AvgIpc) is 3.45. The van der Waals surface area contributed by atoms with E-state index in [4.69, 9.17) is 4.42 Å². The van der Waals surface area contributed by atoms with Crippen LogP contribution in [0.15, 0.2) is 74.8 Å². The minimum Gasteiger partial charge on any atom is -0.391 e. The Bertz CT molecular complexity index is 1450. The molecule has 3 aromatic carbocycles. The van der Waals surface area contributed by atoms with E-state index in [1.54, 1.807) is 18.2 Å². The van der Waals surface area contributed by atoms with Crippen molar-refractivity contribution in [1.82, 2.24) is 14.9 Å². The molecule has 0 radical (unpaired) electrons. The maximum absolute atomic E-state index is 13.5. The Hall–Kier alpha value is -3.23. The van der Waals surface area contributed by atoms with E-state index >= 15 is 0 Å². The number of aryl methyl sites for hydroxylation is 1. The van der Waals surface area contributed by atoms with Crippen LogP contribution in [-0.2, 0) is 22.9 Å². The zero-order valence-corrected chi connectivity index (χ0v) is 18.4. The van der Waals surface area contributed by atoms with Crippen LogP contribution in [0.25, 0.3) is 10.8 Å². The van der Waals surface area contributed by atoms with Crippen LogP contribution in [0, 0.1) is 0 Å². The molecule has 1 heterocycles. The van der Waals surface area contributed by atoms with Crippen LogP contribution in [0.2, 0.25) is 0 Å². The zero-order chi connectivity index (χ0) is 22.3. The van der Waals surface area contributed by atoms with E-state index in [9.17, 15) is 13.2 Å². The van der Waals surface area contributed by atoms with Crippen LogP contribution in [0.1, 0.15) is 47.9 Å². The SMILES string of the molecule is C[C@H](c1cccc2c1CCC2)[C@H](NS(=O)(=O)c1cccc2ccccc12)c1n[nH]c(=O)o1. The Morgan fingerprint density at radius 1 is 1.03 bits per heavy atom. The fourth-order valence-corrected chi connectivity index (χ4v) is 6.16. The van der Waals surface area contributed by atoms with Crippen LogP contribution in [0.3, 0.4) is 0 Å². The van der Waals surface area contributed by atoms with Crippen molar-refractivity contribution in [3.05, 3.63) is 93.8 Å². The fraction of sp³-hybridized carbons (Fsp3) is 0.250. The van der Waals surface area contributed by atoms with Crippen molar-refractivity contribution in [3.8, 4) is 0 Å². The summed E-state index contributed by atoms with van der Waals surface area (Å²) >= 11 is 0. The second-order valence-electron chi connectivity index (χ2n) is 8.15. The fourth-order valence-electron chi connectivity index (χ4n) is 4.66. The molecular weight excluding hydrogens is 426 g/mol. The Kier molecular flexibility index (Phi) is 5.19. The molecule has 7 nitrogen and oxygen atoms in total. The van der Waals surface area contributed by atoms with Crippen molar-refractivity contribution in [3.63, 3.8) is 0 Å². The van der Waals surface area contributed by atoms with Crippen molar-refractivity contribution >= 4 is 20.8 Å². The third-order valence-electron chi connectivity index (χ3n) is 6.21. The molecule has 0 unspecified atom stereocenters. The third-order valence-corrected chi connectivity index (χ3v) is 7.71. The van der Waals surface area contributed by atoms with E-state index < -0.39 is 21.8 Å². The zero-order valence-electron chi connectivity index (χ0n) is 17.5. The minimum absolute atomic E-state index is 0.0157. The second-order valence-corrected chi connectivity index (χ2v) is 9.84. The average molecular weight is 450 g/mol. The highest BCUT2D eigenvalue weighted by atomic mass is 32.2. The molecule has 164 valence electrons. The number of aromatic amines is 1. The number of rotatable bonds is 6. The minimum atomic E-state index is -3.96. The summed E-state index contributed by atoms with van der Waals surface area (Å²) in [5.74, 6) is -1.01. The van der Waals surface area contributed by atoms with Gasteiger partial charge >= 0.3 is 5.76 Å². The summed E-state index contributed by atoms with van der Waals surface area (Å²) in [6, 6.07) is 17.7.